The maximum Gasteiger partial charge on any atom is 0.353 e. The molecule has 1 atom stereocenters. The van der Waals surface area contributed by atoms with Crippen molar-refractivity contribution in [1.82, 2.24) is 4.90 Å². The minimum Gasteiger partial charge on any atom is -0.477 e. The van der Waals surface area contributed by atoms with Gasteiger partial charge in [-0.3, -0.25) is 9.69 Å². The van der Waals surface area contributed by atoms with Gasteiger partial charge in [-0.15, -0.1) is 23.5 Å². The number of thioether (sulfide) groups is 2. The standard InChI is InChI=1S/C9H8N2O3S2/c10-1-2-15-5-4-16-7-3-6(12)11(7)8(5)9(13)14/h7H,2-4H2,(H,13,14)/t7-/m0/s1. The predicted octanol–water partition coefficient (Wildman–Crippen LogP) is 0.845. The van der Waals surface area contributed by atoms with E-state index < -0.39 is 5.97 Å². The number of nitriles is 1. The predicted molar refractivity (Wildman–Crippen MR) is 60.4 cm³/mol. The maximum atomic E-state index is 11.3. The van der Waals surface area contributed by atoms with Gasteiger partial charge in [0.25, 0.3) is 0 Å². The number of carboxylic acids is 1. The third kappa shape index (κ3) is 1.79. The molecule has 1 saturated heterocycles. The van der Waals surface area contributed by atoms with Crippen molar-refractivity contribution >= 4 is 35.4 Å². The zero-order valence-electron chi connectivity index (χ0n) is 8.17. The molecule has 0 radical (unpaired) electrons. The normalized spacial score (nSPS) is 23.6. The highest BCUT2D eigenvalue weighted by Crippen LogP contribution is 2.42. The van der Waals surface area contributed by atoms with Gasteiger partial charge < -0.3 is 5.11 Å². The van der Waals surface area contributed by atoms with E-state index in [0.29, 0.717) is 17.1 Å². The first kappa shape index (κ1) is 11.4. The molecule has 7 heteroatoms. The van der Waals surface area contributed by atoms with Crippen molar-refractivity contribution in [2.24, 2.45) is 0 Å². The Labute approximate surface area is 100 Å². The van der Waals surface area contributed by atoms with Crippen molar-refractivity contribution < 1.29 is 14.7 Å². The third-order valence-corrected chi connectivity index (χ3v) is 4.69. The number of nitrogens with zero attached hydrogens (tertiary/aromatic N) is 2. The maximum absolute atomic E-state index is 11.3. The smallest absolute Gasteiger partial charge is 0.353 e. The van der Waals surface area contributed by atoms with E-state index in [9.17, 15) is 9.59 Å². The summed E-state index contributed by atoms with van der Waals surface area (Å²) in [4.78, 5) is 24.4. The molecule has 1 fully saturated rings. The molecule has 1 amide bonds. The number of rotatable bonds is 3. The van der Waals surface area contributed by atoms with Gasteiger partial charge in [0.05, 0.1) is 23.6 Å². The van der Waals surface area contributed by atoms with Crippen LogP contribution in [0.5, 0.6) is 0 Å². The van der Waals surface area contributed by atoms with E-state index >= 15 is 0 Å². The fraction of sp³-hybridized carbons (Fsp3) is 0.444. The second kappa shape index (κ2) is 4.39. The summed E-state index contributed by atoms with van der Waals surface area (Å²) in [5.74, 6) is -0.453. The van der Waals surface area contributed by atoms with Crippen LogP contribution >= 0.6 is 23.5 Å². The Bertz CT molecular complexity index is 427. The summed E-state index contributed by atoms with van der Waals surface area (Å²) in [6, 6.07) is 1.95. The molecule has 2 heterocycles. The van der Waals surface area contributed by atoms with Crippen LogP contribution in [0.4, 0.5) is 0 Å². The minimum atomic E-state index is -1.08. The van der Waals surface area contributed by atoms with Crippen molar-refractivity contribution in [2.75, 3.05) is 11.5 Å². The first-order valence-electron chi connectivity index (χ1n) is 4.55. The van der Waals surface area contributed by atoms with E-state index in [4.69, 9.17) is 10.4 Å². The fourth-order valence-corrected chi connectivity index (χ4v) is 3.83. The minimum absolute atomic E-state index is 0.0231. The molecule has 0 bridgehead atoms. The number of hydrogen-bond donors (Lipinski definition) is 1. The molecule has 0 aliphatic carbocycles. The highest BCUT2D eigenvalue weighted by molar-refractivity contribution is 8.06. The number of carbonyl (C=O) groups excluding carboxylic acids is 1. The van der Waals surface area contributed by atoms with Crippen LogP contribution in [-0.2, 0) is 9.59 Å². The third-order valence-electron chi connectivity index (χ3n) is 2.33. The molecule has 2 aliphatic heterocycles. The van der Waals surface area contributed by atoms with Crippen LogP contribution in [0.3, 0.4) is 0 Å². The number of aliphatic carboxylic acids is 1. The molecule has 0 aromatic carbocycles. The Hall–Kier alpha value is -1.13. The number of carbonyl (C=O) groups is 2. The molecular formula is C9H8N2O3S2. The monoisotopic (exact) mass is 256 g/mol. The lowest BCUT2D eigenvalue weighted by Crippen LogP contribution is -2.53. The Morgan fingerprint density at radius 1 is 1.75 bits per heavy atom. The molecule has 1 N–H and O–H groups in total. The van der Waals surface area contributed by atoms with Gasteiger partial charge in [-0.1, -0.05) is 0 Å². The van der Waals surface area contributed by atoms with Crippen LogP contribution in [-0.4, -0.2) is 38.8 Å². The molecule has 5 nitrogen and oxygen atoms in total. The van der Waals surface area contributed by atoms with Gasteiger partial charge in [0.2, 0.25) is 5.91 Å². The average molecular weight is 256 g/mol. The second-order valence-electron chi connectivity index (χ2n) is 3.26. The van der Waals surface area contributed by atoms with E-state index in [2.05, 4.69) is 0 Å². The molecule has 0 saturated carbocycles. The summed E-state index contributed by atoms with van der Waals surface area (Å²) in [5, 5.41) is 17.5. The number of carboxylic acid groups (broad SMARTS) is 1. The van der Waals surface area contributed by atoms with E-state index in [1.165, 1.54) is 16.7 Å². The van der Waals surface area contributed by atoms with Crippen LogP contribution in [0.15, 0.2) is 10.6 Å². The second-order valence-corrected chi connectivity index (χ2v) is 5.49. The Morgan fingerprint density at radius 3 is 3.06 bits per heavy atom. The van der Waals surface area contributed by atoms with Gasteiger partial charge in [0, 0.05) is 10.7 Å². The number of amides is 1. The van der Waals surface area contributed by atoms with Gasteiger partial charge in [-0.05, 0) is 0 Å². The quantitative estimate of drug-likeness (QED) is 0.754. The highest BCUT2D eigenvalue weighted by Gasteiger charge is 2.45. The van der Waals surface area contributed by atoms with Crippen LogP contribution in [0.1, 0.15) is 6.42 Å². The van der Waals surface area contributed by atoms with Crippen LogP contribution in [0.2, 0.25) is 0 Å². The lowest BCUT2D eigenvalue weighted by Gasteiger charge is -2.43. The van der Waals surface area contributed by atoms with Gasteiger partial charge in [-0.2, -0.15) is 5.26 Å². The average Bonchev–Trinajstić information content (AvgIpc) is 2.24. The molecule has 2 rings (SSSR count). The highest BCUT2D eigenvalue weighted by atomic mass is 32.2. The van der Waals surface area contributed by atoms with Crippen molar-refractivity contribution in [1.29, 1.82) is 5.26 Å². The molecule has 0 aromatic heterocycles. The first-order chi connectivity index (χ1) is 7.65. The van der Waals surface area contributed by atoms with E-state index in [1.807, 2.05) is 6.07 Å². The van der Waals surface area contributed by atoms with E-state index in [1.54, 1.807) is 11.8 Å². The first-order valence-corrected chi connectivity index (χ1v) is 6.58. The van der Waals surface area contributed by atoms with Crippen LogP contribution in [0, 0.1) is 11.3 Å². The van der Waals surface area contributed by atoms with E-state index in [0.717, 1.165) is 0 Å². The Balaban J connectivity index is 2.28. The number of hydrogen-bond acceptors (Lipinski definition) is 5. The SMILES string of the molecule is N#CCSC1=C(C(=O)O)N2C(=O)C[C@@H]2SC1. The summed E-state index contributed by atoms with van der Waals surface area (Å²) < 4.78 is 0. The summed E-state index contributed by atoms with van der Waals surface area (Å²) in [5.41, 5.74) is 0.0697. The number of fused-ring (bicyclic) bond motifs is 1. The Kier molecular flexibility index (Phi) is 3.12. The molecule has 0 spiro atoms. The van der Waals surface area contributed by atoms with Crippen LogP contribution < -0.4 is 0 Å². The van der Waals surface area contributed by atoms with Crippen molar-refractivity contribution in [3.05, 3.63) is 10.6 Å². The topological polar surface area (TPSA) is 81.4 Å². The fourth-order valence-electron chi connectivity index (χ4n) is 1.62. The lowest BCUT2D eigenvalue weighted by molar-refractivity contribution is -0.146. The van der Waals surface area contributed by atoms with Gasteiger partial charge in [0.15, 0.2) is 0 Å². The number of β-lactam (4-membered cyclic amide) rings is 1. The van der Waals surface area contributed by atoms with Crippen molar-refractivity contribution in [2.45, 2.75) is 11.8 Å². The Morgan fingerprint density at radius 2 is 2.50 bits per heavy atom. The molecule has 0 unspecified atom stereocenters. The molecule has 0 aromatic rings. The van der Waals surface area contributed by atoms with Crippen LogP contribution in [0.25, 0.3) is 0 Å². The summed E-state index contributed by atoms with van der Waals surface area (Å²) in [7, 11) is 0. The molecule has 2 aliphatic rings. The lowest BCUT2D eigenvalue weighted by atomic mass is 10.1. The summed E-state index contributed by atoms with van der Waals surface area (Å²) in [6.45, 7) is 0. The van der Waals surface area contributed by atoms with Gasteiger partial charge >= 0.3 is 5.97 Å². The summed E-state index contributed by atoms with van der Waals surface area (Å²) >= 11 is 2.75. The van der Waals surface area contributed by atoms with Crippen molar-refractivity contribution in [3.63, 3.8) is 0 Å². The summed E-state index contributed by atoms with van der Waals surface area (Å²) in [6.07, 6.45) is 0.414. The molecule has 16 heavy (non-hydrogen) atoms. The molecule has 84 valence electrons. The molecular weight excluding hydrogens is 248 g/mol. The zero-order valence-corrected chi connectivity index (χ0v) is 9.81. The van der Waals surface area contributed by atoms with Gasteiger partial charge in [0.1, 0.15) is 5.70 Å². The van der Waals surface area contributed by atoms with E-state index in [-0.39, 0.29) is 22.7 Å². The van der Waals surface area contributed by atoms with Gasteiger partial charge in [-0.25, -0.2) is 4.79 Å². The largest absolute Gasteiger partial charge is 0.477 e. The zero-order chi connectivity index (χ0) is 11.7. The van der Waals surface area contributed by atoms with Crippen molar-refractivity contribution in [3.8, 4) is 6.07 Å².